The van der Waals surface area contributed by atoms with Crippen molar-refractivity contribution in [3.05, 3.63) is 217 Å². The van der Waals surface area contributed by atoms with E-state index in [4.69, 9.17) is 18.9 Å². The van der Waals surface area contributed by atoms with Gasteiger partial charge in [-0.05, 0) is 173 Å². The zero-order chi connectivity index (χ0) is 45.6. The summed E-state index contributed by atoms with van der Waals surface area (Å²) in [4.78, 5) is 4.73. The van der Waals surface area contributed by atoms with Crippen molar-refractivity contribution in [1.82, 2.24) is 0 Å². The summed E-state index contributed by atoms with van der Waals surface area (Å²) in [5, 5.41) is 0. The van der Waals surface area contributed by atoms with E-state index in [-0.39, 0.29) is 0 Å². The molecule has 0 saturated carbocycles. The quantitative estimate of drug-likeness (QED) is 0.108. The average molecular weight is 865 g/mol. The Labute approximate surface area is 388 Å². The molecule has 0 aliphatic heterocycles. The largest absolute Gasteiger partial charge is 0.497 e. The molecule has 0 spiro atoms. The van der Waals surface area contributed by atoms with Crippen LogP contribution in [0.1, 0.15) is 11.1 Å². The molecular formula is C60H52N2O4. The van der Waals surface area contributed by atoms with Crippen molar-refractivity contribution >= 4 is 34.1 Å². The van der Waals surface area contributed by atoms with Crippen molar-refractivity contribution in [2.75, 3.05) is 38.2 Å². The van der Waals surface area contributed by atoms with Gasteiger partial charge in [0.05, 0.1) is 39.8 Å². The Morgan fingerprint density at radius 1 is 0.242 bits per heavy atom. The molecule has 6 nitrogen and oxygen atoms in total. The Kier molecular flexibility index (Phi) is 12.6. The fourth-order valence-electron chi connectivity index (χ4n) is 8.51. The molecule has 0 heterocycles. The zero-order valence-electron chi connectivity index (χ0n) is 38.2. The first kappa shape index (κ1) is 43.1. The van der Waals surface area contributed by atoms with Crippen LogP contribution in [0.15, 0.2) is 206 Å². The van der Waals surface area contributed by atoms with E-state index in [9.17, 15) is 0 Å². The molecule has 0 radical (unpaired) electrons. The van der Waals surface area contributed by atoms with Gasteiger partial charge in [-0.2, -0.15) is 0 Å². The Balaban J connectivity index is 1.16. The molecule has 0 amide bonds. The van der Waals surface area contributed by atoms with Crippen LogP contribution in [0.25, 0.3) is 44.5 Å². The normalized spacial score (nSPS) is 10.9. The molecule has 0 aliphatic rings. The molecular weight excluding hydrogens is 813 g/mol. The molecule has 0 aromatic heterocycles. The Morgan fingerprint density at radius 2 is 0.424 bits per heavy atom. The molecule has 326 valence electrons. The molecule has 0 unspecified atom stereocenters. The van der Waals surface area contributed by atoms with E-state index in [2.05, 4.69) is 181 Å². The molecule has 0 bridgehead atoms. The van der Waals surface area contributed by atoms with Gasteiger partial charge in [-0.15, -0.1) is 0 Å². The molecule has 0 aliphatic carbocycles. The molecule has 9 rings (SSSR count). The maximum absolute atomic E-state index is 5.44. The van der Waals surface area contributed by atoms with E-state index in [1.807, 2.05) is 48.5 Å². The van der Waals surface area contributed by atoms with Crippen LogP contribution in [0.3, 0.4) is 0 Å². The molecule has 66 heavy (non-hydrogen) atoms. The van der Waals surface area contributed by atoms with Crippen LogP contribution in [-0.4, -0.2) is 28.4 Å². The van der Waals surface area contributed by atoms with Crippen molar-refractivity contribution in [3.63, 3.8) is 0 Å². The first-order chi connectivity index (χ1) is 32.3. The fourth-order valence-corrected chi connectivity index (χ4v) is 8.51. The lowest BCUT2D eigenvalue weighted by Crippen LogP contribution is -2.15. The van der Waals surface area contributed by atoms with E-state index in [0.717, 1.165) is 113 Å². The Morgan fingerprint density at radius 3 is 0.606 bits per heavy atom. The number of rotatable bonds is 14. The van der Waals surface area contributed by atoms with Crippen LogP contribution in [0.2, 0.25) is 0 Å². The van der Waals surface area contributed by atoms with E-state index in [1.165, 1.54) is 0 Å². The number of methoxy groups -OCH3 is 4. The van der Waals surface area contributed by atoms with Gasteiger partial charge in [-0.3, -0.25) is 0 Å². The van der Waals surface area contributed by atoms with Crippen molar-refractivity contribution in [2.24, 2.45) is 0 Å². The summed E-state index contributed by atoms with van der Waals surface area (Å²) >= 11 is 0. The van der Waals surface area contributed by atoms with Crippen LogP contribution >= 0.6 is 0 Å². The molecule has 6 heteroatoms. The van der Waals surface area contributed by atoms with Crippen molar-refractivity contribution < 1.29 is 18.9 Å². The van der Waals surface area contributed by atoms with Gasteiger partial charge in [0.2, 0.25) is 0 Å². The predicted octanol–water partition coefficient (Wildman–Crippen LogP) is 15.9. The van der Waals surface area contributed by atoms with Gasteiger partial charge in [0.25, 0.3) is 0 Å². The standard InChI is InChI=1S/C60H52N2O4/c1-41-39-42(2)60(62(53-27-11-45(12-28-53)49-19-35-57(65-5)36-20-49)54-29-13-46(14-30-54)50-21-37-58(66-6)38-22-50)40-59(41)61(51-23-7-43(8-24-51)47-15-31-55(63-3)32-16-47)52-25-9-44(10-26-52)48-17-33-56(64-4)34-18-48/h7-40H,1-6H3. The summed E-state index contributed by atoms with van der Waals surface area (Å²) in [7, 11) is 6.77. The number of hydrogen-bond donors (Lipinski definition) is 0. The minimum Gasteiger partial charge on any atom is -0.497 e. The second kappa shape index (κ2) is 19.3. The highest BCUT2D eigenvalue weighted by Gasteiger charge is 2.22. The average Bonchev–Trinajstić information content (AvgIpc) is 3.38. The van der Waals surface area contributed by atoms with Gasteiger partial charge in [-0.25, -0.2) is 0 Å². The zero-order valence-corrected chi connectivity index (χ0v) is 38.2. The van der Waals surface area contributed by atoms with Crippen molar-refractivity contribution in [2.45, 2.75) is 13.8 Å². The lowest BCUT2D eigenvalue weighted by molar-refractivity contribution is 0.415. The van der Waals surface area contributed by atoms with Gasteiger partial charge in [0.15, 0.2) is 0 Å². The summed E-state index contributed by atoms with van der Waals surface area (Å²) in [6, 6.07) is 72.7. The van der Waals surface area contributed by atoms with Gasteiger partial charge >= 0.3 is 0 Å². The van der Waals surface area contributed by atoms with Gasteiger partial charge in [0.1, 0.15) is 23.0 Å². The van der Waals surface area contributed by atoms with E-state index in [0.29, 0.717) is 0 Å². The fraction of sp³-hybridized carbons (Fsp3) is 0.100. The Bertz CT molecular complexity index is 2630. The number of hydrogen-bond acceptors (Lipinski definition) is 6. The summed E-state index contributed by atoms with van der Waals surface area (Å²) in [5.74, 6) is 3.34. The van der Waals surface area contributed by atoms with Crippen LogP contribution in [0, 0.1) is 13.8 Å². The van der Waals surface area contributed by atoms with Crippen LogP contribution in [0.4, 0.5) is 34.1 Å². The van der Waals surface area contributed by atoms with Gasteiger partial charge in [0, 0.05) is 22.7 Å². The second-order valence-electron chi connectivity index (χ2n) is 16.2. The smallest absolute Gasteiger partial charge is 0.118 e. The maximum Gasteiger partial charge on any atom is 0.118 e. The molecule has 0 saturated heterocycles. The highest BCUT2D eigenvalue weighted by molar-refractivity contribution is 5.88. The van der Waals surface area contributed by atoms with Crippen molar-refractivity contribution in [1.29, 1.82) is 0 Å². The lowest BCUT2D eigenvalue weighted by atomic mass is 10.0. The minimum atomic E-state index is 0.834. The van der Waals surface area contributed by atoms with E-state index < -0.39 is 0 Å². The number of anilines is 6. The molecule has 9 aromatic carbocycles. The molecule has 9 aromatic rings. The molecule has 0 fully saturated rings. The first-order valence-corrected chi connectivity index (χ1v) is 22.0. The third kappa shape index (κ3) is 9.08. The highest BCUT2D eigenvalue weighted by Crippen LogP contribution is 2.45. The SMILES string of the molecule is COc1ccc(-c2ccc(N(c3ccc(-c4ccc(OC)cc4)cc3)c3cc(N(c4ccc(-c5ccc(OC)cc5)cc4)c4ccc(-c5ccc(OC)cc5)cc4)c(C)cc3C)cc2)cc1. The highest BCUT2D eigenvalue weighted by atomic mass is 16.5. The number of ether oxygens (including phenoxy) is 4. The Hall–Kier alpha value is -8.22. The first-order valence-electron chi connectivity index (χ1n) is 22.0. The number of benzene rings is 9. The molecule has 0 atom stereocenters. The minimum absolute atomic E-state index is 0.834. The second-order valence-corrected chi connectivity index (χ2v) is 16.2. The molecule has 0 N–H and O–H groups in total. The maximum atomic E-state index is 5.44. The summed E-state index contributed by atoms with van der Waals surface area (Å²) in [5.41, 5.74) is 17.6. The van der Waals surface area contributed by atoms with Gasteiger partial charge in [-0.1, -0.05) is 103 Å². The monoisotopic (exact) mass is 864 g/mol. The van der Waals surface area contributed by atoms with E-state index in [1.54, 1.807) is 28.4 Å². The summed E-state index contributed by atoms with van der Waals surface area (Å²) in [6.07, 6.45) is 0. The topological polar surface area (TPSA) is 43.4 Å². The third-order valence-corrected chi connectivity index (χ3v) is 12.2. The number of nitrogens with zero attached hydrogens (tertiary/aromatic N) is 2. The van der Waals surface area contributed by atoms with Gasteiger partial charge < -0.3 is 28.7 Å². The van der Waals surface area contributed by atoms with Crippen LogP contribution in [-0.2, 0) is 0 Å². The predicted molar refractivity (Wildman–Crippen MR) is 273 cm³/mol. The summed E-state index contributed by atoms with van der Waals surface area (Å²) in [6.45, 7) is 4.41. The van der Waals surface area contributed by atoms with Crippen molar-refractivity contribution in [3.8, 4) is 67.5 Å². The van der Waals surface area contributed by atoms with E-state index >= 15 is 0 Å². The van der Waals surface area contributed by atoms with Crippen LogP contribution < -0.4 is 28.7 Å². The summed E-state index contributed by atoms with van der Waals surface area (Å²) < 4.78 is 21.8. The third-order valence-electron chi connectivity index (χ3n) is 12.2. The number of aryl methyl sites for hydroxylation is 2. The van der Waals surface area contributed by atoms with Crippen LogP contribution in [0.5, 0.6) is 23.0 Å². The lowest BCUT2D eigenvalue weighted by Gasteiger charge is -2.32.